The Morgan fingerprint density at radius 3 is 2.85 bits per heavy atom. The number of thiazole rings is 2. The average Bonchev–Trinajstić information content (AvgIpc) is 3.34. The number of anilines is 1. The van der Waals surface area contributed by atoms with Crippen LogP contribution in [0.5, 0.6) is 0 Å². The Balaban J connectivity index is 1.47. The molecule has 0 amide bonds. The third-order valence-corrected chi connectivity index (χ3v) is 7.27. The van der Waals surface area contributed by atoms with Gasteiger partial charge in [-0.3, -0.25) is 0 Å². The molecule has 7 heteroatoms. The van der Waals surface area contributed by atoms with Gasteiger partial charge in [0, 0.05) is 23.5 Å². The molecule has 4 aromatic rings. The normalized spacial score (nSPS) is 11.9. The molecular formula is C20H17N3S4. The van der Waals surface area contributed by atoms with Crippen molar-refractivity contribution in [3.63, 3.8) is 0 Å². The van der Waals surface area contributed by atoms with Gasteiger partial charge in [-0.05, 0) is 41.9 Å². The van der Waals surface area contributed by atoms with Gasteiger partial charge in [0.15, 0.2) is 9.09 Å². The molecule has 0 aliphatic carbocycles. The fourth-order valence-electron chi connectivity index (χ4n) is 2.68. The van der Waals surface area contributed by atoms with E-state index in [4.69, 9.17) is 12.2 Å². The van der Waals surface area contributed by atoms with E-state index in [1.165, 1.54) is 9.58 Å². The van der Waals surface area contributed by atoms with E-state index in [-0.39, 0.29) is 0 Å². The molecule has 27 heavy (non-hydrogen) atoms. The van der Waals surface area contributed by atoms with Crippen LogP contribution in [0.3, 0.4) is 0 Å². The number of hydrogen-bond acceptors (Lipinski definition) is 6. The zero-order valence-electron chi connectivity index (χ0n) is 14.5. The predicted octanol–water partition coefficient (Wildman–Crippen LogP) is 5.21. The minimum Gasteiger partial charge on any atom is -0.336 e. The van der Waals surface area contributed by atoms with Crippen LogP contribution in [0.2, 0.25) is 0 Å². The van der Waals surface area contributed by atoms with Crippen molar-refractivity contribution in [1.29, 1.82) is 0 Å². The first-order chi connectivity index (χ1) is 13.1. The molecule has 0 spiro atoms. The zero-order valence-corrected chi connectivity index (χ0v) is 17.7. The van der Waals surface area contributed by atoms with Crippen molar-refractivity contribution in [3.05, 3.63) is 72.8 Å². The van der Waals surface area contributed by atoms with Crippen molar-refractivity contribution < 1.29 is 0 Å². The van der Waals surface area contributed by atoms with Gasteiger partial charge in [-0.2, -0.15) is 0 Å². The SMILES string of the molecule is C=C(CCn1c(=S)s/c(=C\c2cccs2)c1=C)Nc1nc2ccccc2s1. The van der Waals surface area contributed by atoms with Crippen molar-refractivity contribution in [3.8, 4) is 0 Å². The van der Waals surface area contributed by atoms with Crippen molar-refractivity contribution >= 4 is 74.2 Å². The van der Waals surface area contributed by atoms with Crippen LogP contribution in [0.25, 0.3) is 22.9 Å². The van der Waals surface area contributed by atoms with Crippen LogP contribution in [-0.4, -0.2) is 9.55 Å². The summed E-state index contributed by atoms with van der Waals surface area (Å²) < 4.78 is 5.22. The minimum absolute atomic E-state index is 0.753. The number of benzene rings is 1. The van der Waals surface area contributed by atoms with Crippen LogP contribution in [0, 0.1) is 3.95 Å². The van der Waals surface area contributed by atoms with E-state index in [0.29, 0.717) is 0 Å². The summed E-state index contributed by atoms with van der Waals surface area (Å²) in [6.07, 6.45) is 2.92. The third-order valence-electron chi connectivity index (χ3n) is 4.06. The first kappa shape index (κ1) is 18.3. The highest BCUT2D eigenvalue weighted by Gasteiger charge is 2.06. The van der Waals surface area contributed by atoms with Gasteiger partial charge in [0.2, 0.25) is 0 Å². The van der Waals surface area contributed by atoms with Crippen LogP contribution in [0.1, 0.15) is 11.3 Å². The summed E-state index contributed by atoms with van der Waals surface area (Å²) >= 11 is 10.5. The molecule has 3 nitrogen and oxygen atoms in total. The molecule has 3 heterocycles. The van der Waals surface area contributed by atoms with E-state index in [0.717, 1.165) is 43.1 Å². The summed E-state index contributed by atoms with van der Waals surface area (Å²) in [6.45, 7) is 9.13. The number of hydrogen-bond donors (Lipinski definition) is 1. The molecule has 1 aromatic carbocycles. The van der Waals surface area contributed by atoms with Crippen molar-refractivity contribution in [2.24, 2.45) is 0 Å². The van der Waals surface area contributed by atoms with E-state index in [1.807, 2.05) is 24.3 Å². The van der Waals surface area contributed by atoms with E-state index in [9.17, 15) is 0 Å². The highest BCUT2D eigenvalue weighted by molar-refractivity contribution is 7.73. The number of para-hydroxylation sites is 1. The number of nitrogens with one attached hydrogen (secondary N) is 1. The Kier molecular flexibility index (Phi) is 5.36. The Bertz CT molecular complexity index is 1230. The molecule has 0 radical (unpaired) electrons. The molecular weight excluding hydrogens is 411 g/mol. The third kappa shape index (κ3) is 4.11. The summed E-state index contributed by atoms with van der Waals surface area (Å²) in [5.74, 6) is 0. The van der Waals surface area contributed by atoms with Crippen molar-refractivity contribution in [2.45, 2.75) is 13.0 Å². The number of rotatable bonds is 6. The van der Waals surface area contributed by atoms with E-state index < -0.39 is 0 Å². The fraction of sp³-hybridized carbons (Fsp3) is 0.100. The van der Waals surface area contributed by atoms with Gasteiger partial charge < -0.3 is 9.88 Å². The lowest BCUT2D eigenvalue weighted by atomic mass is 10.3. The average molecular weight is 428 g/mol. The minimum atomic E-state index is 0.753. The molecule has 4 rings (SSSR count). The summed E-state index contributed by atoms with van der Waals surface area (Å²) in [7, 11) is 0. The molecule has 136 valence electrons. The second-order valence-electron chi connectivity index (χ2n) is 5.96. The molecule has 0 saturated heterocycles. The van der Waals surface area contributed by atoms with Crippen LogP contribution in [0.4, 0.5) is 5.13 Å². The van der Waals surface area contributed by atoms with Crippen LogP contribution in [0.15, 0.2) is 54.1 Å². The Morgan fingerprint density at radius 2 is 2.07 bits per heavy atom. The molecule has 0 bridgehead atoms. The summed E-state index contributed by atoms with van der Waals surface area (Å²) in [4.78, 5) is 5.81. The van der Waals surface area contributed by atoms with Crippen LogP contribution >= 0.6 is 46.2 Å². The zero-order chi connectivity index (χ0) is 18.8. The summed E-state index contributed by atoms with van der Waals surface area (Å²) in [5.41, 5.74) is 1.93. The molecule has 0 atom stereocenters. The topological polar surface area (TPSA) is 29.9 Å². The maximum absolute atomic E-state index is 5.55. The molecule has 1 N–H and O–H groups in total. The van der Waals surface area contributed by atoms with Crippen molar-refractivity contribution in [1.82, 2.24) is 9.55 Å². The number of nitrogens with zero attached hydrogens (tertiary/aromatic N) is 2. The Hall–Kier alpha value is -2.06. The van der Waals surface area contributed by atoms with E-state index in [2.05, 4.69) is 51.6 Å². The summed E-state index contributed by atoms with van der Waals surface area (Å²) in [5, 5.41) is 7.23. The first-order valence-corrected chi connectivity index (χ1v) is 11.3. The predicted molar refractivity (Wildman–Crippen MR) is 123 cm³/mol. The van der Waals surface area contributed by atoms with E-state index >= 15 is 0 Å². The number of fused-ring (bicyclic) bond motifs is 1. The monoisotopic (exact) mass is 427 g/mol. The lowest BCUT2D eigenvalue weighted by Crippen LogP contribution is -2.27. The van der Waals surface area contributed by atoms with Crippen LogP contribution < -0.4 is 15.2 Å². The van der Waals surface area contributed by atoms with Gasteiger partial charge in [0.25, 0.3) is 0 Å². The highest BCUT2D eigenvalue weighted by atomic mass is 32.1. The lowest BCUT2D eigenvalue weighted by molar-refractivity contribution is 0.677. The van der Waals surface area contributed by atoms with Gasteiger partial charge in [-0.15, -0.1) is 22.7 Å². The highest BCUT2D eigenvalue weighted by Crippen LogP contribution is 2.26. The molecule has 3 aromatic heterocycles. The van der Waals surface area contributed by atoms with Crippen molar-refractivity contribution in [2.75, 3.05) is 5.32 Å². The fourth-order valence-corrected chi connectivity index (χ4v) is 5.71. The van der Waals surface area contributed by atoms with Gasteiger partial charge >= 0.3 is 0 Å². The number of aromatic nitrogens is 2. The largest absolute Gasteiger partial charge is 0.336 e. The number of thiophene rings is 1. The number of allylic oxidation sites excluding steroid dienone is 1. The molecule has 0 aliphatic heterocycles. The Morgan fingerprint density at radius 1 is 1.22 bits per heavy atom. The maximum atomic E-state index is 5.55. The first-order valence-electron chi connectivity index (χ1n) is 8.34. The Labute approximate surface area is 174 Å². The maximum Gasteiger partial charge on any atom is 0.188 e. The smallest absolute Gasteiger partial charge is 0.188 e. The van der Waals surface area contributed by atoms with Crippen LogP contribution in [-0.2, 0) is 6.54 Å². The quantitative estimate of drug-likeness (QED) is 0.429. The standard InChI is InChI=1S/C20H17N3S4/c1-13(21-19-22-16-7-3-4-8-17(16)26-19)9-10-23-14(2)18(27-20(23)24)12-15-6-5-11-25-15/h3-8,11-12H,1-2,9-10H2,(H,21,22)/b18-12-. The second-order valence-corrected chi connectivity index (χ2v) is 9.64. The van der Waals surface area contributed by atoms with Gasteiger partial charge in [-0.1, -0.05) is 42.7 Å². The molecule has 0 saturated carbocycles. The van der Waals surface area contributed by atoms with E-state index in [1.54, 1.807) is 34.0 Å². The molecule has 0 aliphatic rings. The molecule has 0 fully saturated rings. The van der Waals surface area contributed by atoms with Gasteiger partial charge in [0.05, 0.1) is 20.1 Å². The second kappa shape index (κ2) is 7.90. The summed E-state index contributed by atoms with van der Waals surface area (Å²) in [6, 6.07) is 12.3. The lowest BCUT2D eigenvalue weighted by Gasteiger charge is -2.07. The molecule has 0 unspecified atom stereocenters. The van der Waals surface area contributed by atoms with Gasteiger partial charge in [0.1, 0.15) is 0 Å². The van der Waals surface area contributed by atoms with Gasteiger partial charge in [-0.25, -0.2) is 4.98 Å².